The maximum Gasteiger partial charge on any atom is 0.412 e. The predicted molar refractivity (Wildman–Crippen MR) is 299 cm³/mol. The van der Waals surface area contributed by atoms with Gasteiger partial charge in [-0.2, -0.15) is 0 Å². The lowest BCUT2D eigenvalue weighted by atomic mass is 10.1. The molecule has 1 aromatic heterocycles. The van der Waals surface area contributed by atoms with Crippen LogP contribution in [-0.2, 0) is 71.8 Å². The van der Waals surface area contributed by atoms with Crippen molar-refractivity contribution in [2.45, 2.75) is 50.2 Å². The molecule has 1 saturated heterocycles. The summed E-state index contributed by atoms with van der Waals surface area (Å²) in [5.41, 5.74) is 7.95. The number of aliphatic imine (C=N–C) groups is 3. The first-order valence-electron chi connectivity index (χ1n) is 25.8. The van der Waals surface area contributed by atoms with Crippen LogP contribution in [0.25, 0.3) is 0 Å². The Balaban J connectivity index is 1.01. The topological polar surface area (TPSA) is 341 Å². The average molecular weight is 1210 g/mol. The van der Waals surface area contributed by atoms with Crippen molar-refractivity contribution < 1.29 is 81.5 Å². The second-order valence-electron chi connectivity index (χ2n) is 17.1. The molecular weight excluding hydrogens is 1130 g/mol. The van der Waals surface area contributed by atoms with Gasteiger partial charge in [-0.05, 0) is 43.3 Å². The molecule has 0 aliphatic carbocycles. The fraction of sp³-hybridized carbons (Fsp3) is 0.600. The first-order valence-corrected chi connectivity index (χ1v) is 28.0. The number of hydrogen-bond acceptors (Lipinski definition) is 23. The van der Waals surface area contributed by atoms with Gasteiger partial charge in [0.1, 0.15) is 23.3 Å². The number of hydrogen-bond donors (Lipinski definition) is 5. The van der Waals surface area contributed by atoms with Crippen LogP contribution >= 0.6 is 31.6 Å². The van der Waals surface area contributed by atoms with Gasteiger partial charge in [0.05, 0.1) is 155 Å². The van der Waals surface area contributed by atoms with Crippen LogP contribution in [0.3, 0.4) is 0 Å². The number of ether oxygens (including phenoxy) is 12. The van der Waals surface area contributed by atoms with Crippen LogP contribution in [0.15, 0.2) is 81.5 Å². The first kappa shape index (κ1) is 68.5. The minimum atomic E-state index is -2.68. The van der Waals surface area contributed by atoms with Gasteiger partial charge in [0, 0.05) is 50.1 Å². The summed E-state index contributed by atoms with van der Waals surface area (Å²) in [4.78, 5) is 57.2. The maximum absolute atomic E-state index is 11.8. The Morgan fingerprint density at radius 1 is 0.938 bits per heavy atom. The number of methoxy groups -OCH3 is 1. The summed E-state index contributed by atoms with van der Waals surface area (Å²) < 4.78 is 68.6. The summed E-state index contributed by atoms with van der Waals surface area (Å²) in [5.74, 6) is 0.714. The van der Waals surface area contributed by atoms with Gasteiger partial charge in [-0.3, -0.25) is 15.1 Å². The molecule has 1 fully saturated rings. The number of aromatic nitrogens is 3. The number of aliphatic hydroxyl groups is 1. The minimum absolute atomic E-state index is 0.0486. The molecule has 0 radical (unpaired) electrons. The van der Waals surface area contributed by atoms with Crippen LogP contribution in [-0.4, -0.2) is 227 Å². The SMILES string of the molecule is C=NC(=N\C1CCC(COC(CO)(COC)P(O)O)O1)/C(=C\N)C(=N\CCl)/N(CCOCCOCCOCCOCc1cn(CCOCCOCCOCCOCCNC(=O)Oc2ccc([N+](=O)[O-])cc2)nn1)Cc1ccccc1Cl. The standard InChI is InChI=1S/C50H75Cl2N10O18P/c1-54-47(57-46-12-11-43(79-46)35-78-50(36-63,37-69-2)81(67)68)44(31-53)48(56-38-51)60(32-39-5-3-4-6-45(39)52)14-17-71-20-23-74-27-28-76-29-30-77-34-40-33-61(59-58-40)15-18-72-21-24-75-26-25-73-22-19-70-16-13-55-49(64)80-42-9-7-41(8-10-42)62(65)66/h3-10,31,33,43,46,63,67-68H,1,11-30,32,34-38,53H2,2H3,(H,55,64)/b44-31+,56-48+,57-47-. The van der Waals surface area contributed by atoms with Gasteiger partial charge in [0.2, 0.25) is 8.38 Å². The quantitative estimate of drug-likeness (QED) is 0.00791. The van der Waals surface area contributed by atoms with E-state index in [0.717, 1.165) is 5.56 Å². The molecule has 2 aromatic carbocycles. The van der Waals surface area contributed by atoms with Crippen molar-refractivity contribution in [1.29, 1.82) is 0 Å². The number of aliphatic hydroxyl groups excluding tert-OH is 1. The first-order chi connectivity index (χ1) is 39.4. The third-order valence-corrected chi connectivity index (χ3v) is 12.9. The summed E-state index contributed by atoms with van der Waals surface area (Å²) >= 11 is 12.8. The number of carbonyl (C=O) groups excluding carboxylic acids is 1. The van der Waals surface area contributed by atoms with E-state index in [-0.39, 0.29) is 62.9 Å². The molecule has 1 aliphatic heterocycles. The number of non-ortho nitro benzene ring substituents is 1. The lowest BCUT2D eigenvalue weighted by Gasteiger charge is -2.32. The Labute approximate surface area is 481 Å². The van der Waals surface area contributed by atoms with Gasteiger partial charge >= 0.3 is 6.09 Å². The Morgan fingerprint density at radius 2 is 1.56 bits per heavy atom. The zero-order valence-electron chi connectivity index (χ0n) is 45.3. The van der Waals surface area contributed by atoms with Crippen molar-refractivity contribution in [1.82, 2.24) is 25.2 Å². The molecule has 0 saturated carbocycles. The molecule has 31 heteroatoms. The molecule has 81 heavy (non-hydrogen) atoms. The second-order valence-corrected chi connectivity index (χ2v) is 19.2. The van der Waals surface area contributed by atoms with E-state index in [2.05, 4.69) is 32.3 Å². The highest BCUT2D eigenvalue weighted by atomic mass is 35.5. The third kappa shape index (κ3) is 26.9. The van der Waals surface area contributed by atoms with E-state index in [1.54, 1.807) is 16.9 Å². The Hall–Kier alpha value is -4.95. The number of benzene rings is 2. The van der Waals surface area contributed by atoms with Crippen LogP contribution in [0, 0.1) is 10.1 Å². The molecule has 28 nitrogen and oxygen atoms in total. The summed E-state index contributed by atoms with van der Waals surface area (Å²) in [6.45, 7) is 9.72. The zero-order valence-corrected chi connectivity index (χ0v) is 47.7. The number of nitro benzene ring substituents is 1. The average Bonchev–Trinajstić information content (AvgIpc) is 4.13. The molecule has 3 unspecified atom stereocenters. The van der Waals surface area contributed by atoms with Crippen LogP contribution in [0.4, 0.5) is 10.5 Å². The van der Waals surface area contributed by atoms with E-state index in [9.17, 15) is 29.8 Å². The number of amidine groups is 2. The summed E-state index contributed by atoms with van der Waals surface area (Å²) in [5, 5.41) is 30.2. The molecule has 2 heterocycles. The van der Waals surface area contributed by atoms with E-state index < -0.39 is 43.7 Å². The van der Waals surface area contributed by atoms with Crippen LogP contribution in [0.2, 0.25) is 5.02 Å². The van der Waals surface area contributed by atoms with E-state index in [1.807, 2.05) is 23.1 Å². The number of nitro groups is 1. The highest BCUT2D eigenvalue weighted by Gasteiger charge is 2.41. The van der Waals surface area contributed by atoms with Gasteiger partial charge in [-0.1, -0.05) is 35.0 Å². The fourth-order valence-electron chi connectivity index (χ4n) is 7.22. The highest BCUT2D eigenvalue weighted by molar-refractivity contribution is 7.46. The number of nitrogens with two attached hydrogens (primary N) is 1. The molecule has 0 spiro atoms. The predicted octanol–water partition coefficient (Wildman–Crippen LogP) is 3.45. The van der Waals surface area contributed by atoms with Gasteiger partial charge in [0.15, 0.2) is 17.4 Å². The van der Waals surface area contributed by atoms with Crippen molar-refractivity contribution in [2.24, 2.45) is 20.7 Å². The van der Waals surface area contributed by atoms with Crippen molar-refractivity contribution in [3.05, 3.63) is 92.9 Å². The molecule has 1 amide bonds. The van der Waals surface area contributed by atoms with Crippen LogP contribution in [0.5, 0.6) is 5.75 Å². The zero-order chi connectivity index (χ0) is 58.3. The Morgan fingerprint density at radius 3 is 2.14 bits per heavy atom. The van der Waals surface area contributed by atoms with E-state index in [4.69, 9.17) is 90.8 Å². The largest absolute Gasteiger partial charge is 0.412 e. The number of nitrogens with one attached hydrogen (secondary N) is 1. The van der Waals surface area contributed by atoms with Crippen molar-refractivity contribution >= 4 is 61.7 Å². The molecule has 452 valence electrons. The van der Waals surface area contributed by atoms with Gasteiger partial charge in [-0.15, -0.1) is 16.7 Å². The third-order valence-electron chi connectivity index (χ3n) is 11.3. The summed E-state index contributed by atoms with van der Waals surface area (Å²) in [7, 11) is -1.31. The van der Waals surface area contributed by atoms with Crippen molar-refractivity contribution in [3.63, 3.8) is 0 Å². The van der Waals surface area contributed by atoms with Crippen LogP contribution in [0.1, 0.15) is 24.1 Å². The molecular formula is C50H75Cl2N10O18P. The van der Waals surface area contributed by atoms with Crippen LogP contribution < -0.4 is 15.8 Å². The molecule has 3 atom stereocenters. The summed E-state index contributed by atoms with van der Waals surface area (Å²) in [6.07, 6.45) is 2.27. The van der Waals surface area contributed by atoms with Gasteiger partial charge in [-0.25, -0.2) is 19.5 Å². The maximum atomic E-state index is 11.8. The molecule has 0 bridgehead atoms. The summed E-state index contributed by atoms with van der Waals surface area (Å²) in [6, 6.07) is 12.5. The minimum Gasteiger partial charge on any atom is -0.410 e. The molecule has 3 aromatic rings. The Bertz CT molecular complexity index is 2350. The van der Waals surface area contributed by atoms with Crippen molar-refractivity contribution in [2.75, 3.05) is 145 Å². The number of nitrogens with zero attached hydrogens (tertiary/aromatic N) is 8. The van der Waals surface area contributed by atoms with E-state index >= 15 is 0 Å². The number of halogens is 2. The number of amides is 1. The second kappa shape index (κ2) is 41.1. The number of rotatable bonds is 44. The molecule has 4 rings (SSSR count). The van der Waals surface area contributed by atoms with Gasteiger partial charge in [0.25, 0.3) is 5.69 Å². The Kier molecular flexibility index (Phi) is 34.8. The number of carbonyl (C=O) groups is 1. The van der Waals surface area contributed by atoms with Gasteiger partial charge < -0.3 is 87.7 Å². The lowest BCUT2D eigenvalue weighted by Crippen LogP contribution is -2.41. The lowest BCUT2D eigenvalue weighted by molar-refractivity contribution is -0.384. The smallest absolute Gasteiger partial charge is 0.410 e. The molecule has 1 aliphatic rings. The van der Waals surface area contributed by atoms with E-state index in [1.165, 1.54) is 37.6 Å². The highest BCUT2D eigenvalue weighted by Crippen LogP contribution is 2.43. The fourth-order valence-corrected chi connectivity index (χ4v) is 8.09. The molecule has 6 N–H and O–H groups in total. The normalized spacial score (nSPS) is 15.8. The van der Waals surface area contributed by atoms with E-state index in [0.29, 0.717) is 140 Å². The monoisotopic (exact) mass is 1200 g/mol. The van der Waals surface area contributed by atoms with Crippen molar-refractivity contribution in [3.8, 4) is 5.75 Å². The number of alkyl halides is 1.